The molecule has 0 atom stereocenters. The van der Waals surface area contributed by atoms with Crippen LogP contribution in [0.25, 0.3) is 0 Å². The number of hydrogen-bond acceptors (Lipinski definition) is 5. The molecule has 1 fully saturated rings. The van der Waals surface area contributed by atoms with Crippen LogP contribution >= 0.6 is 11.6 Å². The topological polar surface area (TPSA) is 112 Å². The second kappa shape index (κ2) is 7.65. The highest BCUT2D eigenvalue weighted by Crippen LogP contribution is 2.47. The van der Waals surface area contributed by atoms with Gasteiger partial charge in [-0.25, -0.2) is 4.39 Å². The zero-order valence-corrected chi connectivity index (χ0v) is 17.4. The molecule has 2 amide bonds. The lowest BCUT2D eigenvalue weighted by Gasteiger charge is -2.53. The van der Waals surface area contributed by atoms with Gasteiger partial charge in [0.05, 0.1) is 10.6 Å². The Hall–Kier alpha value is -2.91. The van der Waals surface area contributed by atoms with Crippen LogP contribution in [0.5, 0.6) is 5.75 Å². The molecule has 31 heavy (non-hydrogen) atoms. The summed E-state index contributed by atoms with van der Waals surface area (Å²) in [6.07, 6.45) is 2.34. The molecule has 2 aliphatic rings. The maximum Gasteiger partial charge on any atom is 0.274 e. The summed E-state index contributed by atoms with van der Waals surface area (Å²) < 4.78 is 15.6. The Balaban J connectivity index is 1.70. The number of nitrogens with one attached hydrogen (secondary N) is 1. The number of aliphatic hydroxyl groups excluding tert-OH is 1. The molecule has 3 N–H and O–H groups in total. The van der Waals surface area contributed by atoms with Crippen LogP contribution < -0.4 is 10.7 Å². The van der Waals surface area contributed by atoms with E-state index in [4.69, 9.17) is 11.6 Å². The molecule has 1 saturated carbocycles. The van der Waals surface area contributed by atoms with Gasteiger partial charge in [0.2, 0.25) is 5.43 Å². The summed E-state index contributed by atoms with van der Waals surface area (Å²) in [6.45, 7) is 0.0957. The number of hydrogen-bond donors (Lipinski definition) is 3. The van der Waals surface area contributed by atoms with Crippen LogP contribution in [-0.2, 0) is 12.1 Å². The molecule has 164 valence electrons. The lowest BCUT2D eigenvalue weighted by molar-refractivity contribution is -0.0102. The molecule has 2 aromatic rings. The summed E-state index contributed by atoms with van der Waals surface area (Å²) >= 11 is 5.75. The normalized spacial score (nSPS) is 22.3. The van der Waals surface area contributed by atoms with E-state index in [0.29, 0.717) is 19.4 Å². The van der Waals surface area contributed by atoms with Gasteiger partial charge in [0, 0.05) is 38.5 Å². The second-order valence-electron chi connectivity index (χ2n) is 8.18. The summed E-state index contributed by atoms with van der Waals surface area (Å²) in [4.78, 5) is 39.5. The minimum absolute atomic E-state index is 0.0144. The Labute approximate surface area is 181 Å². The Morgan fingerprint density at radius 1 is 1.35 bits per heavy atom. The van der Waals surface area contributed by atoms with Crippen molar-refractivity contribution in [1.29, 1.82) is 0 Å². The fraction of sp³-hybridized carbons (Fsp3) is 0.381. The summed E-state index contributed by atoms with van der Waals surface area (Å²) in [5.41, 5.74) is -1.99. The van der Waals surface area contributed by atoms with Gasteiger partial charge in [-0.1, -0.05) is 23.7 Å². The first-order valence-electron chi connectivity index (χ1n) is 9.75. The van der Waals surface area contributed by atoms with Crippen molar-refractivity contribution in [3.8, 4) is 5.75 Å². The van der Waals surface area contributed by atoms with E-state index in [-0.39, 0.29) is 40.9 Å². The third-order valence-corrected chi connectivity index (χ3v) is 6.38. The molecule has 10 heteroatoms. The first-order chi connectivity index (χ1) is 14.7. The molecule has 0 radical (unpaired) electrons. The summed E-state index contributed by atoms with van der Waals surface area (Å²) in [6, 6.07) is 4.36. The lowest BCUT2D eigenvalue weighted by atomic mass is 9.67. The molecular formula is C21H21ClFN3O5. The summed E-state index contributed by atoms with van der Waals surface area (Å²) in [7, 11) is 1.57. The van der Waals surface area contributed by atoms with Crippen LogP contribution in [0.2, 0.25) is 5.02 Å². The maximum atomic E-state index is 14.1. The van der Waals surface area contributed by atoms with E-state index in [9.17, 15) is 29.0 Å². The molecule has 1 aromatic carbocycles. The number of amides is 2. The number of likely N-dealkylation sites (N-methyl/N-ethyl adjacent to an activating group) is 1. The summed E-state index contributed by atoms with van der Waals surface area (Å²) in [5, 5.41) is 22.3. The van der Waals surface area contributed by atoms with E-state index in [0.717, 1.165) is 0 Å². The van der Waals surface area contributed by atoms with Gasteiger partial charge in [0.25, 0.3) is 11.8 Å². The first-order valence-corrected chi connectivity index (χ1v) is 10.1. The average Bonchev–Trinajstić information content (AvgIpc) is 2.71. The van der Waals surface area contributed by atoms with Crippen molar-refractivity contribution < 1.29 is 24.2 Å². The average molecular weight is 450 g/mol. The van der Waals surface area contributed by atoms with Crippen molar-refractivity contribution in [2.45, 2.75) is 24.9 Å². The Kier molecular flexibility index (Phi) is 5.26. The molecule has 8 nitrogen and oxygen atoms in total. The van der Waals surface area contributed by atoms with Crippen molar-refractivity contribution in [2.75, 3.05) is 20.2 Å². The van der Waals surface area contributed by atoms with Gasteiger partial charge in [0.1, 0.15) is 11.4 Å². The van der Waals surface area contributed by atoms with E-state index < -0.39 is 34.3 Å². The molecule has 0 bridgehead atoms. The van der Waals surface area contributed by atoms with Gasteiger partial charge in [-0.3, -0.25) is 14.4 Å². The van der Waals surface area contributed by atoms with Crippen LogP contribution in [0, 0.1) is 11.7 Å². The van der Waals surface area contributed by atoms with E-state index >= 15 is 0 Å². The quantitative estimate of drug-likeness (QED) is 0.654. The number of aliphatic hydroxyl groups is 1. The highest BCUT2D eigenvalue weighted by atomic mass is 35.5. The number of aromatic nitrogens is 1. The van der Waals surface area contributed by atoms with Crippen LogP contribution in [0.3, 0.4) is 0 Å². The van der Waals surface area contributed by atoms with Gasteiger partial charge in [-0.05, 0) is 24.8 Å². The highest BCUT2D eigenvalue weighted by Gasteiger charge is 2.51. The number of rotatable bonds is 4. The highest BCUT2D eigenvalue weighted by molar-refractivity contribution is 6.30. The van der Waals surface area contributed by atoms with E-state index in [1.165, 1.54) is 33.9 Å². The largest absolute Gasteiger partial charge is 0.503 e. The van der Waals surface area contributed by atoms with Crippen LogP contribution in [0.15, 0.2) is 29.2 Å². The van der Waals surface area contributed by atoms with Crippen molar-refractivity contribution in [2.24, 2.45) is 5.92 Å². The molecule has 1 aliphatic heterocycles. The molecule has 4 rings (SSSR count). The SMILES string of the molecule is CN1C[C@]2(C[C@@H](CO)C2)n2cc(C(=O)NCc3cccc(Cl)c3F)c(=O)c(O)c2C1=O. The molecule has 1 spiro atoms. The van der Waals surface area contributed by atoms with Crippen LogP contribution in [0.1, 0.15) is 39.3 Å². The van der Waals surface area contributed by atoms with Gasteiger partial charge in [-0.15, -0.1) is 0 Å². The number of halogens is 2. The van der Waals surface area contributed by atoms with Gasteiger partial charge >= 0.3 is 0 Å². The zero-order chi connectivity index (χ0) is 22.5. The fourth-order valence-corrected chi connectivity index (χ4v) is 4.73. The summed E-state index contributed by atoms with van der Waals surface area (Å²) in [5.74, 6) is -2.79. The number of aromatic hydroxyl groups is 1. The van der Waals surface area contributed by atoms with Gasteiger partial charge < -0.3 is 25.0 Å². The number of fused-ring (bicyclic) bond motifs is 2. The van der Waals surface area contributed by atoms with Crippen LogP contribution in [-0.4, -0.2) is 51.7 Å². The van der Waals surface area contributed by atoms with Crippen molar-refractivity contribution in [1.82, 2.24) is 14.8 Å². The molecule has 0 unspecified atom stereocenters. The Morgan fingerprint density at radius 3 is 2.74 bits per heavy atom. The molecule has 1 aromatic heterocycles. The van der Waals surface area contributed by atoms with Gasteiger partial charge in [0.15, 0.2) is 11.4 Å². The van der Waals surface area contributed by atoms with Crippen molar-refractivity contribution >= 4 is 23.4 Å². The number of carbonyl (C=O) groups excluding carboxylic acids is 2. The number of nitrogens with zero attached hydrogens (tertiary/aromatic N) is 2. The minimum atomic E-state index is -0.979. The first kappa shape index (κ1) is 21.3. The Bertz CT molecular complexity index is 1140. The fourth-order valence-electron chi connectivity index (χ4n) is 4.54. The number of pyridine rings is 1. The number of benzene rings is 1. The standard InChI is InChI=1S/C21H21ClFN3O5/c1-25-10-21(5-11(6-21)9-27)26-8-13(17(28)18(29)16(26)20(25)31)19(30)24-7-12-3-2-4-14(22)15(12)23/h2-4,8,11,27,29H,5-7,9-10H2,1H3,(H,24,30)/t11-,21-. The van der Waals surface area contributed by atoms with Crippen LogP contribution in [0.4, 0.5) is 4.39 Å². The monoisotopic (exact) mass is 449 g/mol. The third kappa shape index (κ3) is 3.37. The molecule has 2 heterocycles. The lowest BCUT2D eigenvalue weighted by Crippen LogP contribution is -2.60. The van der Waals surface area contributed by atoms with E-state index in [1.54, 1.807) is 7.05 Å². The minimum Gasteiger partial charge on any atom is -0.503 e. The second-order valence-corrected chi connectivity index (χ2v) is 8.58. The Morgan fingerprint density at radius 2 is 2.06 bits per heavy atom. The van der Waals surface area contributed by atoms with E-state index in [2.05, 4.69) is 5.32 Å². The van der Waals surface area contributed by atoms with E-state index in [1.807, 2.05) is 0 Å². The molecule has 1 aliphatic carbocycles. The predicted octanol–water partition coefficient (Wildman–Crippen LogP) is 1.46. The predicted molar refractivity (Wildman–Crippen MR) is 110 cm³/mol. The molecule has 0 saturated heterocycles. The maximum absolute atomic E-state index is 14.1. The zero-order valence-electron chi connectivity index (χ0n) is 16.7. The van der Waals surface area contributed by atoms with Gasteiger partial charge in [-0.2, -0.15) is 0 Å². The molecular weight excluding hydrogens is 429 g/mol. The number of carbonyl (C=O) groups is 2. The van der Waals surface area contributed by atoms with Crippen molar-refractivity contribution in [3.05, 3.63) is 62.3 Å². The smallest absolute Gasteiger partial charge is 0.274 e. The van der Waals surface area contributed by atoms with Crippen molar-refractivity contribution in [3.63, 3.8) is 0 Å². The third-order valence-electron chi connectivity index (χ3n) is 6.09.